The highest BCUT2D eigenvalue weighted by Gasteiger charge is 2.24. The third kappa shape index (κ3) is 4.40. The number of nitrogens with one attached hydrogen (secondary N) is 2. The number of aryl methyl sites for hydroxylation is 2. The number of nitro benzene ring substituents is 1. The van der Waals surface area contributed by atoms with Crippen molar-refractivity contribution in [1.29, 1.82) is 0 Å². The maximum atomic E-state index is 12.3. The topological polar surface area (TPSA) is 122 Å². The molecule has 9 heteroatoms. The largest absolute Gasteiger partial charge is 0.318 e. The third-order valence-corrected chi connectivity index (χ3v) is 4.71. The first-order chi connectivity index (χ1) is 13.8. The van der Waals surface area contributed by atoms with Gasteiger partial charge in [0.2, 0.25) is 5.91 Å². The predicted molar refractivity (Wildman–Crippen MR) is 108 cm³/mol. The van der Waals surface area contributed by atoms with Crippen molar-refractivity contribution in [2.75, 3.05) is 22.1 Å². The number of carbonyl (C=O) groups excluding carboxylic acids is 3. The number of amides is 3. The summed E-state index contributed by atoms with van der Waals surface area (Å²) < 4.78 is 0. The number of benzene rings is 2. The molecular weight excluding hydrogens is 376 g/mol. The summed E-state index contributed by atoms with van der Waals surface area (Å²) in [5.41, 5.74) is 2.66. The summed E-state index contributed by atoms with van der Waals surface area (Å²) in [6.45, 7) is 4.09. The standard InChI is InChI=1S/C20H20N4O5/c1-12-5-6-14(11-17(12)23-9-3-4-18(23)25)21-19(26)20(27)22-16-8-7-15(24(28)29)10-13(16)2/h5-8,10-11H,3-4,9H2,1-2H3,(H,21,26)(H,22,27). The molecule has 0 bridgehead atoms. The molecule has 0 unspecified atom stereocenters. The molecule has 3 amide bonds. The Morgan fingerprint density at radius 3 is 2.38 bits per heavy atom. The number of rotatable bonds is 4. The highest BCUT2D eigenvalue weighted by atomic mass is 16.6. The molecule has 0 atom stereocenters. The van der Waals surface area contributed by atoms with E-state index in [-0.39, 0.29) is 11.6 Å². The van der Waals surface area contributed by atoms with Gasteiger partial charge < -0.3 is 15.5 Å². The SMILES string of the molecule is Cc1cc([N+](=O)[O-])ccc1NC(=O)C(=O)Nc1ccc(C)c(N2CCCC2=O)c1. The van der Waals surface area contributed by atoms with Crippen molar-refractivity contribution in [3.63, 3.8) is 0 Å². The van der Waals surface area contributed by atoms with Gasteiger partial charge in [-0.1, -0.05) is 6.07 Å². The molecule has 0 spiro atoms. The van der Waals surface area contributed by atoms with Crippen molar-refractivity contribution in [3.05, 3.63) is 57.6 Å². The minimum atomic E-state index is -0.902. The zero-order chi connectivity index (χ0) is 21.1. The lowest BCUT2D eigenvalue weighted by Crippen LogP contribution is -2.29. The van der Waals surface area contributed by atoms with Crippen molar-refractivity contribution in [3.8, 4) is 0 Å². The molecule has 0 aromatic heterocycles. The van der Waals surface area contributed by atoms with Gasteiger partial charge >= 0.3 is 11.8 Å². The van der Waals surface area contributed by atoms with Gasteiger partial charge in [-0.3, -0.25) is 24.5 Å². The summed E-state index contributed by atoms with van der Waals surface area (Å²) in [5.74, 6) is -1.76. The highest BCUT2D eigenvalue weighted by molar-refractivity contribution is 6.43. The second kappa shape index (κ2) is 8.09. The van der Waals surface area contributed by atoms with Crippen LogP contribution in [-0.4, -0.2) is 29.2 Å². The molecule has 29 heavy (non-hydrogen) atoms. The molecule has 9 nitrogen and oxygen atoms in total. The molecule has 1 fully saturated rings. The van der Waals surface area contributed by atoms with E-state index in [0.29, 0.717) is 35.6 Å². The molecule has 1 heterocycles. The molecule has 0 radical (unpaired) electrons. The van der Waals surface area contributed by atoms with Crippen LogP contribution in [0.5, 0.6) is 0 Å². The van der Waals surface area contributed by atoms with E-state index in [9.17, 15) is 24.5 Å². The minimum Gasteiger partial charge on any atom is -0.318 e. The van der Waals surface area contributed by atoms with Gasteiger partial charge in [-0.25, -0.2) is 0 Å². The number of hydrogen-bond acceptors (Lipinski definition) is 5. The third-order valence-electron chi connectivity index (χ3n) is 4.71. The Labute approximate surface area is 166 Å². The molecule has 1 aliphatic rings. The fourth-order valence-corrected chi connectivity index (χ4v) is 3.15. The van der Waals surface area contributed by atoms with Crippen molar-refractivity contribution in [2.24, 2.45) is 0 Å². The Balaban J connectivity index is 1.71. The van der Waals surface area contributed by atoms with Crippen LogP contribution < -0.4 is 15.5 Å². The average Bonchev–Trinajstić information content (AvgIpc) is 3.10. The lowest BCUT2D eigenvalue weighted by molar-refractivity contribution is -0.384. The molecule has 0 saturated carbocycles. The van der Waals surface area contributed by atoms with E-state index in [1.54, 1.807) is 30.0 Å². The number of nitrogens with zero attached hydrogens (tertiary/aromatic N) is 2. The average molecular weight is 396 g/mol. The lowest BCUT2D eigenvalue weighted by atomic mass is 10.1. The first kappa shape index (κ1) is 20.0. The van der Waals surface area contributed by atoms with Crippen molar-refractivity contribution in [2.45, 2.75) is 26.7 Å². The summed E-state index contributed by atoms with van der Waals surface area (Å²) >= 11 is 0. The minimum absolute atomic E-state index is 0.0305. The number of non-ortho nitro benzene ring substituents is 1. The molecule has 2 aromatic carbocycles. The Bertz CT molecular complexity index is 1020. The van der Waals surface area contributed by atoms with Gasteiger partial charge in [0.05, 0.1) is 4.92 Å². The van der Waals surface area contributed by atoms with Crippen molar-refractivity contribution < 1.29 is 19.3 Å². The monoisotopic (exact) mass is 396 g/mol. The van der Waals surface area contributed by atoms with Crippen molar-refractivity contribution >= 4 is 40.5 Å². The summed E-state index contributed by atoms with van der Waals surface area (Å²) in [6, 6.07) is 9.03. The normalized spacial score (nSPS) is 13.3. The molecule has 3 rings (SSSR count). The quantitative estimate of drug-likeness (QED) is 0.467. The number of anilines is 3. The van der Waals surface area contributed by atoms with E-state index in [0.717, 1.165) is 12.0 Å². The first-order valence-electron chi connectivity index (χ1n) is 9.04. The first-order valence-corrected chi connectivity index (χ1v) is 9.04. The van der Waals surface area contributed by atoms with Crippen LogP contribution in [0.2, 0.25) is 0 Å². The molecule has 1 saturated heterocycles. The van der Waals surface area contributed by atoms with Gasteiger partial charge in [-0.05, 0) is 49.6 Å². The summed E-state index contributed by atoms with van der Waals surface area (Å²) in [7, 11) is 0. The van der Waals surface area contributed by atoms with Gasteiger partial charge in [0.1, 0.15) is 0 Å². The van der Waals surface area contributed by atoms with Crippen LogP contribution in [0.3, 0.4) is 0 Å². The van der Waals surface area contributed by atoms with Gasteiger partial charge in [0.15, 0.2) is 0 Å². The summed E-state index contributed by atoms with van der Waals surface area (Å²) in [4.78, 5) is 48.4. The fourth-order valence-electron chi connectivity index (χ4n) is 3.15. The number of carbonyl (C=O) groups is 3. The zero-order valence-corrected chi connectivity index (χ0v) is 16.0. The van der Waals surface area contributed by atoms with Crippen LogP contribution in [0, 0.1) is 24.0 Å². The molecule has 0 aliphatic carbocycles. The summed E-state index contributed by atoms with van der Waals surface area (Å²) in [6.07, 6.45) is 1.28. The Morgan fingerprint density at radius 1 is 1.03 bits per heavy atom. The van der Waals surface area contributed by atoms with E-state index >= 15 is 0 Å². The van der Waals surface area contributed by atoms with Crippen molar-refractivity contribution in [1.82, 2.24) is 0 Å². The van der Waals surface area contributed by atoms with Gasteiger partial charge in [0, 0.05) is 42.2 Å². The van der Waals surface area contributed by atoms with Crippen LogP contribution in [0.25, 0.3) is 0 Å². The summed E-state index contributed by atoms with van der Waals surface area (Å²) in [5, 5.41) is 15.8. The number of hydrogen-bond donors (Lipinski definition) is 2. The second-order valence-electron chi connectivity index (χ2n) is 6.81. The van der Waals surface area contributed by atoms with E-state index in [1.165, 1.54) is 18.2 Å². The second-order valence-corrected chi connectivity index (χ2v) is 6.81. The van der Waals surface area contributed by atoms with E-state index < -0.39 is 16.7 Å². The molecular formula is C20H20N4O5. The van der Waals surface area contributed by atoms with Gasteiger partial charge in [-0.2, -0.15) is 0 Å². The Kier molecular flexibility index (Phi) is 5.58. The number of nitro groups is 1. The van der Waals surface area contributed by atoms with E-state index in [4.69, 9.17) is 0 Å². The molecule has 1 aliphatic heterocycles. The van der Waals surface area contributed by atoms with E-state index in [2.05, 4.69) is 10.6 Å². The van der Waals surface area contributed by atoms with Crippen LogP contribution in [0.15, 0.2) is 36.4 Å². The maximum absolute atomic E-state index is 12.3. The lowest BCUT2D eigenvalue weighted by Gasteiger charge is -2.19. The molecule has 2 N–H and O–H groups in total. The molecule has 150 valence electrons. The maximum Gasteiger partial charge on any atom is 0.314 e. The molecule has 2 aromatic rings. The van der Waals surface area contributed by atoms with Crippen LogP contribution >= 0.6 is 0 Å². The Hall–Kier alpha value is -3.75. The van der Waals surface area contributed by atoms with Gasteiger partial charge in [0.25, 0.3) is 5.69 Å². The fraction of sp³-hybridized carbons (Fsp3) is 0.250. The van der Waals surface area contributed by atoms with Gasteiger partial charge in [-0.15, -0.1) is 0 Å². The van der Waals surface area contributed by atoms with Crippen LogP contribution in [0.1, 0.15) is 24.0 Å². The van der Waals surface area contributed by atoms with E-state index in [1.807, 2.05) is 6.92 Å². The van der Waals surface area contributed by atoms with Crippen LogP contribution in [-0.2, 0) is 14.4 Å². The zero-order valence-electron chi connectivity index (χ0n) is 16.0. The van der Waals surface area contributed by atoms with Crippen LogP contribution in [0.4, 0.5) is 22.7 Å². The Morgan fingerprint density at radius 2 is 1.76 bits per heavy atom. The predicted octanol–water partition coefficient (Wildman–Crippen LogP) is 2.92. The highest BCUT2D eigenvalue weighted by Crippen LogP contribution is 2.28. The smallest absolute Gasteiger partial charge is 0.314 e.